The first-order chi connectivity index (χ1) is 65.6. The Morgan fingerprint density at radius 1 is 0.187 bits per heavy atom. The highest BCUT2D eigenvalue weighted by Gasteiger charge is 2.56. The van der Waals surface area contributed by atoms with Crippen LogP contribution in [-0.2, 0) is 16.2 Å². The van der Waals surface area contributed by atoms with Crippen LogP contribution < -0.4 is 15.1 Å². The van der Waals surface area contributed by atoms with Gasteiger partial charge in [0.25, 0.3) is 0 Å². The number of nitrogens with zero attached hydrogens (tertiary/aromatic N) is 2. The van der Waals surface area contributed by atoms with E-state index < -0.39 is 10.8 Å². The molecular formula is C126H78Br2F3N3. The third kappa shape index (κ3) is 10.8. The van der Waals surface area contributed by atoms with Crippen LogP contribution in [0.1, 0.15) is 74.2 Å². The molecule has 0 heterocycles. The van der Waals surface area contributed by atoms with Crippen LogP contribution in [0.2, 0.25) is 0 Å². The van der Waals surface area contributed by atoms with Gasteiger partial charge in [-0.3, -0.25) is 0 Å². The van der Waals surface area contributed by atoms with Gasteiger partial charge in [0.15, 0.2) is 0 Å². The van der Waals surface area contributed by atoms with Crippen molar-refractivity contribution in [2.75, 3.05) is 15.1 Å². The molecule has 0 bridgehead atoms. The second-order valence-corrected chi connectivity index (χ2v) is 37.3. The second kappa shape index (κ2) is 30.2. The Labute approximate surface area is 790 Å². The van der Waals surface area contributed by atoms with E-state index in [0.717, 1.165) is 97.5 Å². The molecule has 0 aromatic heterocycles. The molecule has 0 radical (unpaired) electrons. The van der Waals surface area contributed by atoms with E-state index in [9.17, 15) is 4.39 Å². The third-order valence-electron chi connectivity index (χ3n) is 29.5. The molecule has 8 heteroatoms. The van der Waals surface area contributed by atoms with Gasteiger partial charge in [-0.05, 0) is 250 Å². The van der Waals surface area contributed by atoms with E-state index in [1.807, 2.05) is 36.4 Å². The van der Waals surface area contributed by atoms with E-state index >= 15 is 8.78 Å². The van der Waals surface area contributed by atoms with Crippen molar-refractivity contribution in [3.8, 4) is 66.8 Å². The Kier molecular flexibility index (Phi) is 17.8. The predicted octanol–water partition coefficient (Wildman–Crippen LogP) is 35.1. The number of hydrogen-bond donors (Lipinski definition) is 1. The number of rotatable bonds is 8. The van der Waals surface area contributed by atoms with Gasteiger partial charge in [-0.15, -0.1) is 0 Å². The number of nitrogens with one attached hydrogen (secondary N) is 1. The Bertz CT molecular complexity index is 8370. The van der Waals surface area contributed by atoms with E-state index in [-0.39, 0.29) is 30.3 Å². The number of anilines is 8. The minimum Gasteiger partial charge on any atom is -0.353 e. The molecule has 23 aromatic rings. The fourth-order valence-corrected chi connectivity index (χ4v) is 25.4. The van der Waals surface area contributed by atoms with Gasteiger partial charge >= 0.3 is 0 Å². The molecule has 23 aromatic carbocycles. The monoisotopic (exact) mass is 1850 g/mol. The summed E-state index contributed by atoms with van der Waals surface area (Å²) in [4.78, 5) is 4.32. The van der Waals surface area contributed by atoms with E-state index in [2.05, 4.69) is 411 Å². The zero-order valence-electron chi connectivity index (χ0n) is 71.4. The molecule has 0 aliphatic heterocycles. The third-order valence-corrected chi connectivity index (χ3v) is 30.9. The zero-order chi connectivity index (χ0) is 88.3. The van der Waals surface area contributed by atoms with E-state index in [0.29, 0.717) is 17.1 Å². The summed E-state index contributed by atoms with van der Waals surface area (Å²) in [5.41, 5.74) is 33.3. The van der Waals surface area contributed by atoms with Crippen molar-refractivity contribution in [1.82, 2.24) is 0 Å². The van der Waals surface area contributed by atoms with Crippen molar-refractivity contribution in [3.05, 3.63) is 536 Å². The molecule has 3 nitrogen and oxygen atoms in total. The summed E-state index contributed by atoms with van der Waals surface area (Å²) in [6, 6.07) is 155. The van der Waals surface area contributed by atoms with Gasteiger partial charge in [-0.2, -0.15) is 0 Å². The Balaban J connectivity index is 0.000000146. The standard InChI is InChI=1S/C78H46F2N2.C31H20FN.C16H8Br2.CH4/c79-65-33-13-15-35-69(65)81(71-37-17-31-63-75(71)53-23-5-11-29-61(53)77(63)57-25-7-1-19-49(57)50-20-2-8-26-58(50)77)67-45-41-47-40-44-56-68(46-42-48-39-43-55(67)73(47)74(48)56)82(70-36-16-14-34-66(70)80)72-38-18-32-64-76(72)54-24-6-12-30-62(54)78(64)59-27-9-3-21-51(59)52-22-4-10-28-60(52)78;32-27-17-7-8-18-28(27)33-29-19-9-16-26-30(29)22-12-3-6-15-25(22)31(26)23-13-4-1-10-20(23)21-11-2-5-14-24(21)31;17-13-8-4-10-2-6-12-14(18)7-3-9-1-5-11(13)16(10)15(9)12;/h1-46H;1-19,33H;1-8H;1H4. The molecule has 0 amide bonds. The molecule has 0 fully saturated rings. The molecule has 6 aliphatic carbocycles. The first-order valence-electron chi connectivity index (χ1n) is 45.2. The fourth-order valence-electron chi connectivity index (χ4n) is 24.5. The molecule has 0 saturated carbocycles. The van der Waals surface area contributed by atoms with Crippen LogP contribution in [0.25, 0.3) is 131 Å². The van der Waals surface area contributed by atoms with E-state index in [1.54, 1.807) is 36.4 Å². The highest BCUT2D eigenvalue weighted by Crippen LogP contribution is 2.69. The lowest BCUT2D eigenvalue weighted by molar-refractivity contribution is 0.628. The normalized spacial score (nSPS) is 13.5. The van der Waals surface area contributed by atoms with Gasteiger partial charge in [0, 0.05) is 42.1 Å². The van der Waals surface area contributed by atoms with Crippen LogP contribution in [0.4, 0.5) is 58.7 Å². The zero-order valence-corrected chi connectivity index (χ0v) is 74.6. The summed E-state index contributed by atoms with van der Waals surface area (Å²) < 4.78 is 51.2. The maximum atomic E-state index is 17.2. The molecule has 3 spiro atoms. The van der Waals surface area contributed by atoms with Crippen LogP contribution >= 0.6 is 31.9 Å². The molecule has 6 aliphatic rings. The maximum absolute atomic E-state index is 17.2. The lowest BCUT2D eigenvalue weighted by atomic mass is 9.70. The van der Waals surface area contributed by atoms with Crippen LogP contribution in [0.5, 0.6) is 0 Å². The lowest BCUT2D eigenvalue weighted by Crippen LogP contribution is -2.26. The largest absolute Gasteiger partial charge is 0.353 e. The summed E-state index contributed by atoms with van der Waals surface area (Å²) in [6.07, 6.45) is 0. The van der Waals surface area contributed by atoms with Gasteiger partial charge in [-0.25, -0.2) is 13.2 Å². The van der Waals surface area contributed by atoms with Crippen molar-refractivity contribution in [2.24, 2.45) is 0 Å². The number of benzene rings is 23. The molecule has 134 heavy (non-hydrogen) atoms. The van der Waals surface area contributed by atoms with Crippen LogP contribution in [-0.4, -0.2) is 0 Å². The predicted molar refractivity (Wildman–Crippen MR) is 557 cm³/mol. The van der Waals surface area contributed by atoms with E-state index in [1.165, 1.54) is 144 Å². The Morgan fingerprint density at radius 3 is 0.776 bits per heavy atom. The van der Waals surface area contributed by atoms with Crippen LogP contribution in [0.15, 0.2) is 452 Å². The molecule has 0 saturated heterocycles. The molecular weight excluding hydrogens is 1770 g/mol. The van der Waals surface area contributed by atoms with Gasteiger partial charge in [0.05, 0.1) is 56.1 Å². The van der Waals surface area contributed by atoms with Crippen molar-refractivity contribution in [2.45, 2.75) is 23.7 Å². The maximum Gasteiger partial charge on any atom is 0.147 e. The Hall–Kier alpha value is -15.7. The first-order valence-corrected chi connectivity index (χ1v) is 46.8. The Morgan fingerprint density at radius 2 is 0.425 bits per heavy atom. The van der Waals surface area contributed by atoms with Gasteiger partial charge in [0.2, 0.25) is 0 Å². The number of para-hydroxylation sites is 3. The average Bonchev–Trinajstić information content (AvgIpc) is 1.50. The molecule has 632 valence electrons. The quantitative estimate of drug-likeness (QED) is 0.153. The van der Waals surface area contributed by atoms with Gasteiger partial charge in [-0.1, -0.05) is 403 Å². The minimum absolute atomic E-state index is 0. The van der Waals surface area contributed by atoms with Crippen molar-refractivity contribution >= 4 is 142 Å². The first kappa shape index (κ1) is 79.3. The SMILES string of the molecule is Brc1ccc2ccc3c(Br)ccc4ccc1c2c43.C.Fc1ccccc1N(c1cccc2c1-c1ccccc1C21c2ccccc2-c2ccccc21)c1ccc2ccc3c(N(c4ccccc4F)c4cccc5c4-c4ccccc4C54c5ccccc5-c5ccccc54)ccc4ccc1c2c43.Fc1ccccc1Nc1cccc2c1-c1ccccc1C21c2ccccc2-c2ccccc21. The van der Waals surface area contributed by atoms with Crippen molar-refractivity contribution in [3.63, 3.8) is 0 Å². The van der Waals surface area contributed by atoms with Crippen molar-refractivity contribution in [1.29, 1.82) is 0 Å². The van der Waals surface area contributed by atoms with Crippen LogP contribution in [0.3, 0.4) is 0 Å². The second-order valence-electron chi connectivity index (χ2n) is 35.6. The number of halogens is 5. The van der Waals surface area contributed by atoms with E-state index in [4.69, 9.17) is 0 Å². The smallest absolute Gasteiger partial charge is 0.147 e. The number of hydrogen-bond acceptors (Lipinski definition) is 3. The van der Waals surface area contributed by atoms with Gasteiger partial charge in [0.1, 0.15) is 17.5 Å². The average molecular weight is 1850 g/mol. The lowest BCUT2D eigenvalue weighted by Gasteiger charge is -2.33. The number of fused-ring (bicyclic) bond motifs is 30. The molecule has 0 unspecified atom stereocenters. The highest BCUT2D eigenvalue weighted by molar-refractivity contribution is 9.11. The summed E-state index contributed by atoms with van der Waals surface area (Å²) in [5.74, 6) is -0.906. The minimum atomic E-state index is -0.590. The fraction of sp³-hybridized carbons (Fsp3) is 0.0317. The molecule has 0 atom stereocenters. The molecule has 29 rings (SSSR count). The molecule has 1 N–H and O–H groups in total. The van der Waals surface area contributed by atoms with Gasteiger partial charge < -0.3 is 15.1 Å². The van der Waals surface area contributed by atoms with Crippen LogP contribution in [0, 0.1) is 17.5 Å². The van der Waals surface area contributed by atoms with Crippen molar-refractivity contribution < 1.29 is 13.2 Å². The summed E-state index contributed by atoms with van der Waals surface area (Å²) in [6.45, 7) is 0. The topological polar surface area (TPSA) is 18.5 Å². The summed E-state index contributed by atoms with van der Waals surface area (Å²) in [7, 11) is 0. The summed E-state index contributed by atoms with van der Waals surface area (Å²) >= 11 is 7.30. The summed E-state index contributed by atoms with van der Waals surface area (Å²) in [5, 5.41) is 17.4. The highest BCUT2D eigenvalue weighted by atomic mass is 79.9.